The molecule has 0 spiro atoms. The summed E-state index contributed by atoms with van der Waals surface area (Å²) < 4.78 is 59.1. The molecular formula is C109H118Cl5N11O18. The van der Waals surface area contributed by atoms with Gasteiger partial charge in [-0.05, 0) is 269 Å². The maximum atomic E-state index is 13.5. The first kappa shape index (κ1) is 102. The Kier molecular flexibility index (Phi) is 32.7. The molecule has 34 heteroatoms. The maximum Gasteiger partial charge on any atom is 0.416 e. The van der Waals surface area contributed by atoms with E-state index in [-0.39, 0.29) is 74.4 Å². The van der Waals surface area contributed by atoms with Crippen LogP contribution in [-0.4, -0.2) is 216 Å². The highest BCUT2D eigenvalue weighted by Crippen LogP contribution is 2.47. The molecule has 8 N–H and O–H groups in total. The number of ether oxygens (including phenoxy) is 10. The minimum absolute atomic E-state index is 0.0170. The van der Waals surface area contributed by atoms with Gasteiger partial charge in [0.15, 0.2) is 5.79 Å². The fourth-order valence-electron chi connectivity index (χ4n) is 19.2. The molecule has 1 saturated heterocycles. The normalized spacial score (nSPS) is 17.6. The van der Waals surface area contributed by atoms with Gasteiger partial charge in [-0.15, -0.1) is 0 Å². The van der Waals surface area contributed by atoms with Crippen LogP contribution in [0.2, 0.25) is 25.1 Å². The molecule has 0 radical (unpaired) electrons. The first-order valence-corrected chi connectivity index (χ1v) is 50.3. The number of aromatic nitrogens is 7. The van der Waals surface area contributed by atoms with Crippen molar-refractivity contribution in [2.24, 2.45) is 10.8 Å². The molecule has 1 saturated carbocycles. The molecule has 752 valence electrons. The summed E-state index contributed by atoms with van der Waals surface area (Å²) in [5, 5.41) is 49.8. The van der Waals surface area contributed by atoms with Crippen molar-refractivity contribution in [3.63, 3.8) is 0 Å². The highest BCUT2D eigenvalue weighted by Gasteiger charge is 2.43. The Morgan fingerprint density at radius 2 is 0.832 bits per heavy atom. The van der Waals surface area contributed by atoms with E-state index in [4.69, 9.17) is 110 Å². The number of halogens is 5. The van der Waals surface area contributed by atoms with E-state index < -0.39 is 29.4 Å². The molecule has 2 fully saturated rings. The van der Waals surface area contributed by atoms with Crippen molar-refractivity contribution in [2.75, 3.05) is 98.9 Å². The number of benzene rings is 9. The zero-order valence-electron chi connectivity index (χ0n) is 80.5. The Labute approximate surface area is 853 Å². The number of aliphatic hydroxyl groups excluding tert-OH is 4. The van der Waals surface area contributed by atoms with Crippen LogP contribution in [0.5, 0.6) is 28.7 Å². The summed E-state index contributed by atoms with van der Waals surface area (Å²) in [5.41, 5.74) is 15.4. The maximum absolute atomic E-state index is 13.5. The average Bonchev–Trinajstić information content (AvgIpc) is 1.62. The molecule has 4 amide bonds. The van der Waals surface area contributed by atoms with Gasteiger partial charge < -0.3 is 87.7 Å². The van der Waals surface area contributed by atoms with Crippen molar-refractivity contribution in [1.82, 2.24) is 54.3 Å². The highest BCUT2D eigenvalue weighted by atomic mass is 35.5. The Hall–Kier alpha value is -12.2. The number of amides is 4. The average molecular weight is 2050 g/mol. The minimum Gasteiger partial charge on any atom is -0.494 e. The number of rotatable bonds is 26. The number of fused-ring (bicyclic) bond motifs is 12. The summed E-state index contributed by atoms with van der Waals surface area (Å²) in [7, 11) is 0. The van der Waals surface area contributed by atoms with Crippen molar-refractivity contribution >= 4 is 126 Å². The number of carbonyl (C=O) groups is 4. The third-order valence-electron chi connectivity index (χ3n) is 26.8. The molecule has 14 aromatic rings. The molecule has 29 nitrogen and oxygen atoms in total. The monoisotopic (exact) mass is 2040 g/mol. The van der Waals surface area contributed by atoms with Crippen molar-refractivity contribution in [2.45, 2.75) is 154 Å². The Balaban J connectivity index is 0.000000131. The molecule has 5 aromatic heterocycles. The van der Waals surface area contributed by atoms with E-state index >= 15 is 0 Å². The standard InChI is InChI=1S/C30H27Cl2N5O4.C28H33ClN2O5.C26H29ClN2O4.C25H29ClN2O5/c31-20-3-8-24(9-4-20)41-30(39)37-13-11-25-26-15-21(32)5-10-27(26)35-28(25)29(37)19-1-6-23(7-2-19)40-14-12-22(38)16-36-18-33-17-34-36;1-5-33-26(32)31-13-12-21-22-14-19(29)8-11-23(22)30-24(21)25(31)18-6-9-20(10-7-18)34-15-28(4)16-35-27(2,3)36-17-28;27-18-8-11-23-22(16-18)21-12-13-29(26(31)33-20-4-1-2-5-20)25(24(21)28-23)17-6-9-19(10-7-17)32-15-3-14-30;1-3-32-24(31)28-11-10-19-20-12-17(26)6-9-21(20)27-22(19)23(28)16-4-7-18(8-5-16)33-15-25(2,13-29)14-30/h1-10,15,17-18,22,29,35,38H,11-14,16H2;6-11,14,25,30H,5,12-13,15-17H2,1-4H3;6-11,16,20,25,28,30H,1-5,12-15H2;4-9,12,23,27,29-30H,3,10-11,13-15H2,1-2H3/t22?,29-;2*25-;23-/m0000/s1. The fraction of sp³-hybridized carbons (Fsp3) is 0.376. The lowest BCUT2D eigenvalue weighted by Gasteiger charge is -2.41. The van der Waals surface area contributed by atoms with Crippen LogP contribution in [0.3, 0.4) is 0 Å². The first-order chi connectivity index (χ1) is 69.1. The minimum atomic E-state index is -0.719. The van der Waals surface area contributed by atoms with E-state index in [9.17, 15) is 34.5 Å². The zero-order chi connectivity index (χ0) is 100. The van der Waals surface area contributed by atoms with E-state index in [1.54, 1.807) is 63.8 Å². The Bertz CT molecular complexity index is 6720. The summed E-state index contributed by atoms with van der Waals surface area (Å²) in [4.78, 5) is 77.6. The number of aliphatic hydroxyl groups is 4. The number of aromatic amines is 4. The predicted molar refractivity (Wildman–Crippen MR) is 549 cm³/mol. The molecule has 10 heterocycles. The lowest BCUT2D eigenvalue weighted by molar-refractivity contribution is -0.285. The second-order valence-electron chi connectivity index (χ2n) is 37.8. The van der Waals surface area contributed by atoms with E-state index in [2.05, 4.69) is 36.9 Å². The summed E-state index contributed by atoms with van der Waals surface area (Å²) in [5.74, 6) is 2.64. The van der Waals surface area contributed by atoms with Crippen LogP contribution in [0.15, 0.2) is 207 Å². The first-order valence-electron chi connectivity index (χ1n) is 48.5. The van der Waals surface area contributed by atoms with Gasteiger partial charge in [-0.25, -0.2) is 24.2 Å². The third kappa shape index (κ3) is 24.1. The van der Waals surface area contributed by atoms with Gasteiger partial charge in [0, 0.05) is 148 Å². The highest BCUT2D eigenvalue weighted by molar-refractivity contribution is 6.32. The van der Waals surface area contributed by atoms with Crippen LogP contribution in [0.4, 0.5) is 19.2 Å². The number of hydrogen-bond acceptors (Lipinski definition) is 20. The lowest BCUT2D eigenvalue weighted by atomic mass is 9.92. The lowest BCUT2D eigenvalue weighted by Crippen LogP contribution is -2.47. The third-order valence-corrected chi connectivity index (χ3v) is 28.0. The van der Waals surface area contributed by atoms with Crippen LogP contribution in [0.25, 0.3) is 43.6 Å². The van der Waals surface area contributed by atoms with Crippen LogP contribution in [0.1, 0.15) is 172 Å². The number of carbonyl (C=O) groups excluding carboxylic acids is 4. The number of H-pyrrole nitrogens is 4. The smallest absolute Gasteiger partial charge is 0.416 e. The van der Waals surface area contributed by atoms with Crippen molar-refractivity contribution in [3.8, 4) is 28.7 Å². The zero-order valence-corrected chi connectivity index (χ0v) is 84.3. The summed E-state index contributed by atoms with van der Waals surface area (Å²) >= 11 is 31.1. The second-order valence-corrected chi connectivity index (χ2v) is 40.0. The van der Waals surface area contributed by atoms with Crippen LogP contribution >= 0.6 is 58.0 Å². The van der Waals surface area contributed by atoms with Gasteiger partial charge in [0.1, 0.15) is 71.7 Å². The SMILES string of the molecule is CCOC(=O)N1CCc2c([nH]c3ccc(Cl)cc23)[C@@H]1c1ccc(OCC(C)(CO)CO)cc1.CCOC(=O)N1CCc2c([nH]c3ccc(Cl)cc23)[C@@H]1c1ccc(OCC2(C)COC(C)(C)OC2)cc1.O=C(OC1CCCC1)N1CCc2c([nH]c3ccc(Cl)cc23)[C@@H]1c1ccc(OCCCO)cc1.O=C(Oc1ccc(Cl)cc1)N1CCc2c([nH]c3ccc(Cl)cc23)[C@@H]1c1ccc(OCCC(O)Cn2cncn2)cc1. The topological polar surface area (TPSA) is 348 Å². The van der Waals surface area contributed by atoms with Gasteiger partial charge in [-0.1, -0.05) is 120 Å². The Morgan fingerprint density at radius 3 is 1.21 bits per heavy atom. The van der Waals surface area contributed by atoms with Crippen molar-refractivity contribution < 1.29 is 87.0 Å². The van der Waals surface area contributed by atoms with Crippen LogP contribution in [-0.2, 0) is 55.9 Å². The van der Waals surface area contributed by atoms with E-state index in [0.29, 0.717) is 147 Å². The van der Waals surface area contributed by atoms with Gasteiger partial charge in [-0.2, -0.15) is 5.10 Å². The fourth-order valence-corrected chi connectivity index (χ4v) is 20.0. The van der Waals surface area contributed by atoms with Gasteiger partial charge >= 0.3 is 24.4 Å². The summed E-state index contributed by atoms with van der Waals surface area (Å²) in [6.07, 6.45) is 9.01. The van der Waals surface area contributed by atoms with Crippen LogP contribution in [0, 0.1) is 10.8 Å². The summed E-state index contributed by atoms with van der Waals surface area (Å²) in [6, 6.07) is 59.5. The number of hydrogen-bond donors (Lipinski definition) is 8. The van der Waals surface area contributed by atoms with Gasteiger partial charge in [-0.3, -0.25) is 24.3 Å². The molecule has 9 aromatic carbocycles. The van der Waals surface area contributed by atoms with Crippen molar-refractivity contribution in [3.05, 3.63) is 299 Å². The molecule has 5 atom stereocenters. The molecule has 20 rings (SSSR count). The summed E-state index contributed by atoms with van der Waals surface area (Å²) in [6.45, 7) is 16.8. The van der Waals surface area contributed by atoms with E-state index in [0.717, 1.165) is 150 Å². The molecule has 143 heavy (non-hydrogen) atoms. The van der Waals surface area contributed by atoms with Gasteiger partial charge in [0.25, 0.3) is 0 Å². The predicted octanol–water partition coefficient (Wildman–Crippen LogP) is 22.0. The second kappa shape index (κ2) is 45.8. The van der Waals surface area contributed by atoms with E-state index in [1.165, 1.54) is 17.5 Å². The Morgan fingerprint density at radius 1 is 0.469 bits per heavy atom. The molecule has 6 aliphatic rings. The number of nitrogens with one attached hydrogen (secondary N) is 4. The molecule has 1 unspecified atom stereocenters. The van der Waals surface area contributed by atoms with E-state index in [1.807, 2.05) is 196 Å². The number of nitrogens with zero attached hydrogens (tertiary/aromatic N) is 7. The molecular weight excluding hydrogens is 1930 g/mol. The molecule has 0 bridgehead atoms. The largest absolute Gasteiger partial charge is 0.494 e. The quantitative estimate of drug-likeness (QED) is 0.0184. The molecule has 1 aliphatic carbocycles. The van der Waals surface area contributed by atoms with Gasteiger partial charge in [0.2, 0.25) is 0 Å². The van der Waals surface area contributed by atoms with Gasteiger partial charge in [0.05, 0.1) is 78.7 Å². The van der Waals surface area contributed by atoms with Crippen molar-refractivity contribution in [1.29, 1.82) is 0 Å². The molecule has 5 aliphatic heterocycles. The van der Waals surface area contributed by atoms with Crippen LogP contribution < -0.4 is 23.7 Å².